The second-order valence-electron chi connectivity index (χ2n) is 7.08. The van der Waals surface area contributed by atoms with Crippen molar-refractivity contribution in [2.24, 2.45) is 0 Å². The molecule has 142 valence electrons. The normalized spacial score (nSPS) is 14.8. The van der Waals surface area contributed by atoms with Crippen molar-refractivity contribution >= 4 is 11.8 Å². The number of aryl methyl sites for hydroxylation is 2. The monoisotopic (exact) mass is 368 g/mol. The van der Waals surface area contributed by atoms with Crippen LogP contribution in [0.1, 0.15) is 44.7 Å². The fourth-order valence-corrected chi connectivity index (χ4v) is 3.28. The van der Waals surface area contributed by atoms with E-state index < -0.39 is 0 Å². The van der Waals surface area contributed by atoms with Crippen molar-refractivity contribution in [3.05, 3.63) is 58.7 Å². The lowest BCUT2D eigenvalue weighted by Gasteiger charge is -2.32. The largest absolute Gasteiger partial charge is 0.508 e. The van der Waals surface area contributed by atoms with Crippen molar-refractivity contribution < 1.29 is 19.8 Å². The first kappa shape index (κ1) is 18.8. The van der Waals surface area contributed by atoms with Crippen LogP contribution in [0.3, 0.4) is 0 Å². The second kappa shape index (κ2) is 7.70. The highest BCUT2D eigenvalue weighted by atomic mass is 16.3. The molecule has 1 saturated heterocycles. The van der Waals surface area contributed by atoms with Crippen LogP contribution in [0, 0.1) is 13.8 Å². The summed E-state index contributed by atoms with van der Waals surface area (Å²) in [4.78, 5) is 26.8. The van der Waals surface area contributed by atoms with Crippen LogP contribution in [0.5, 0.6) is 11.5 Å². The Balaban J connectivity index is 1.57. The number of phenols is 2. The molecule has 3 rings (SSSR count). The summed E-state index contributed by atoms with van der Waals surface area (Å²) in [5.74, 6) is -0.649. The van der Waals surface area contributed by atoms with Crippen LogP contribution in [0.25, 0.3) is 0 Å². The van der Waals surface area contributed by atoms with Gasteiger partial charge in [-0.25, -0.2) is 0 Å². The first-order valence-electron chi connectivity index (χ1n) is 9.04. The van der Waals surface area contributed by atoms with Gasteiger partial charge in [0, 0.05) is 36.3 Å². The zero-order chi connectivity index (χ0) is 19.6. The van der Waals surface area contributed by atoms with Gasteiger partial charge in [-0.2, -0.15) is 0 Å². The maximum absolute atomic E-state index is 12.7. The lowest BCUT2D eigenvalue weighted by Crippen LogP contribution is -2.46. The number of nitrogens with one attached hydrogen (secondary N) is 1. The summed E-state index contributed by atoms with van der Waals surface area (Å²) >= 11 is 0. The molecule has 6 heteroatoms. The average molecular weight is 368 g/mol. The van der Waals surface area contributed by atoms with Gasteiger partial charge in [0.1, 0.15) is 11.5 Å². The van der Waals surface area contributed by atoms with E-state index >= 15 is 0 Å². The number of likely N-dealkylation sites (tertiary alicyclic amines) is 1. The molecule has 0 atom stereocenters. The number of piperidine rings is 1. The number of hydrogen-bond acceptors (Lipinski definition) is 4. The number of rotatable bonds is 3. The van der Waals surface area contributed by atoms with Gasteiger partial charge < -0.3 is 20.4 Å². The standard InChI is InChI=1S/C21H24N2O4/c1-13-3-4-15(9-14(13)2)21(27)23-7-5-17(6-8-23)22-20(26)16-10-18(24)12-19(25)11-16/h3-4,9-12,17,24-25H,5-8H2,1-2H3,(H,22,26). The predicted molar refractivity (Wildman–Crippen MR) is 102 cm³/mol. The van der Waals surface area contributed by atoms with Crippen molar-refractivity contribution in [1.82, 2.24) is 10.2 Å². The molecule has 27 heavy (non-hydrogen) atoms. The molecule has 0 bridgehead atoms. The minimum absolute atomic E-state index is 0.0146. The Hall–Kier alpha value is -3.02. The van der Waals surface area contributed by atoms with Gasteiger partial charge in [-0.3, -0.25) is 9.59 Å². The van der Waals surface area contributed by atoms with Crippen LogP contribution in [0.4, 0.5) is 0 Å². The molecule has 6 nitrogen and oxygen atoms in total. The van der Waals surface area contributed by atoms with E-state index in [2.05, 4.69) is 5.32 Å². The highest BCUT2D eigenvalue weighted by molar-refractivity contribution is 5.96. The van der Waals surface area contributed by atoms with E-state index in [0.29, 0.717) is 31.5 Å². The Bertz CT molecular complexity index is 850. The van der Waals surface area contributed by atoms with Crippen molar-refractivity contribution in [1.29, 1.82) is 0 Å². The Morgan fingerprint density at radius 2 is 1.56 bits per heavy atom. The van der Waals surface area contributed by atoms with Crippen LogP contribution in [0.15, 0.2) is 36.4 Å². The van der Waals surface area contributed by atoms with E-state index in [-0.39, 0.29) is 34.9 Å². The quantitative estimate of drug-likeness (QED) is 0.777. The topological polar surface area (TPSA) is 89.9 Å². The Labute approximate surface area is 158 Å². The number of amides is 2. The first-order chi connectivity index (χ1) is 12.8. The lowest BCUT2D eigenvalue weighted by atomic mass is 10.0. The summed E-state index contributed by atoms with van der Waals surface area (Å²) in [7, 11) is 0. The van der Waals surface area contributed by atoms with E-state index in [1.165, 1.54) is 18.2 Å². The van der Waals surface area contributed by atoms with Gasteiger partial charge in [0.05, 0.1) is 0 Å². The molecule has 1 fully saturated rings. The predicted octanol–water partition coefficient (Wildman–Crippen LogP) is 2.75. The molecule has 2 aromatic carbocycles. The first-order valence-corrected chi connectivity index (χ1v) is 9.04. The van der Waals surface area contributed by atoms with Gasteiger partial charge in [-0.05, 0) is 62.1 Å². The van der Waals surface area contributed by atoms with Crippen molar-refractivity contribution in [3.8, 4) is 11.5 Å². The molecule has 1 aliphatic rings. The van der Waals surface area contributed by atoms with Crippen LogP contribution in [-0.2, 0) is 0 Å². The maximum atomic E-state index is 12.7. The molecule has 0 aliphatic carbocycles. The lowest BCUT2D eigenvalue weighted by molar-refractivity contribution is 0.0698. The molecule has 2 aromatic rings. The zero-order valence-electron chi connectivity index (χ0n) is 15.5. The minimum atomic E-state index is -0.347. The van der Waals surface area contributed by atoms with Crippen molar-refractivity contribution in [2.75, 3.05) is 13.1 Å². The Kier molecular flexibility index (Phi) is 5.35. The molecule has 2 amide bonds. The van der Waals surface area contributed by atoms with Crippen LogP contribution < -0.4 is 5.32 Å². The van der Waals surface area contributed by atoms with Gasteiger partial charge in [0.2, 0.25) is 0 Å². The number of nitrogens with zero attached hydrogens (tertiary/aromatic N) is 1. The maximum Gasteiger partial charge on any atom is 0.253 e. The third-order valence-corrected chi connectivity index (χ3v) is 5.04. The van der Waals surface area contributed by atoms with Gasteiger partial charge >= 0.3 is 0 Å². The number of aromatic hydroxyl groups is 2. The van der Waals surface area contributed by atoms with Crippen LogP contribution >= 0.6 is 0 Å². The van der Waals surface area contributed by atoms with Gasteiger partial charge in [-0.15, -0.1) is 0 Å². The molecule has 0 aromatic heterocycles. The van der Waals surface area contributed by atoms with Crippen molar-refractivity contribution in [3.63, 3.8) is 0 Å². The Morgan fingerprint density at radius 3 is 2.15 bits per heavy atom. The van der Waals surface area contributed by atoms with E-state index in [9.17, 15) is 19.8 Å². The number of phenolic OH excluding ortho intramolecular Hbond substituents is 2. The summed E-state index contributed by atoms with van der Waals surface area (Å²) in [6, 6.07) is 9.48. The fourth-order valence-electron chi connectivity index (χ4n) is 3.28. The molecule has 0 radical (unpaired) electrons. The molecule has 0 spiro atoms. The second-order valence-corrected chi connectivity index (χ2v) is 7.08. The van der Waals surface area contributed by atoms with Gasteiger partial charge in [0.25, 0.3) is 11.8 Å². The molecule has 1 heterocycles. The SMILES string of the molecule is Cc1ccc(C(=O)N2CCC(NC(=O)c3cc(O)cc(O)c3)CC2)cc1C. The van der Waals surface area contributed by atoms with Gasteiger partial charge in [-0.1, -0.05) is 6.07 Å². The molecular weight excluding hydrogens is 344 g/mol. The zero-order valence-corrected chi connectivity index (χ0v) is 15.5. The summed E-state index contributed by atoms with van der Waals surface area (Å²) in [5.41, 5.74) is 3.15. The van der Waals surface area contributed by atoms with E-state index in [4.69, 9.17) is 0 Å². The van der Waals surface area contributed by atoms with Crippen molar-refractivity contribution in [2.45, 2.75) is 32.7 Å². The summed E-state index contributed by atoms with van der Waals surface area (Å²) in [6.45, 7) is 5.15. The van der Waals surface area contributed by atoms with Crippen LogP contribution in [-0.4, -0.2) is 46.1 Å². The van der Waals surface area contributed by atoms with Crippen LogP contribution in [0.2, 0.25) is 0 Å². The summed E-state index contributed by atoms with van der Waals surface area (Å²) in [6.07, 6.45) is 1.32. The minimum Gasteiger partial charge on any atom is -0.508 e. The highest BCUT2D eigenvalue weighted by Crippen LogP contribution is 2.21. The van der Waals surface area contributed by atoms with E-state index in [0.717, 1.165) is 11.1 Å². The number of hydrogen-bond donors (Lipinski definition) is 3. The molecular formula is C21H24N2O4. The highest BCUT2D eigenvalue weighted by Gasteiger charge is 2.25. The number of carbonyl (C=O) groups excluding carboxylic acids is 2. The average Bonchev–Trinajstić information content (AvgIpc) is 2.63. The molecule has 0 unspecified atom stereocenters. The van der Waals surface area contributed by atoms with E-state index in [1.54, 1.807) is 0 Å². The summed E-state index contributed by atoms with van der Waals surface area (Å²) < 4.78 is 0. The molecule has 1 aliphatic heterocycles. The Morgan fingerprint density at radius 1 is 0.926 bits per heavy atom. The van der Waals surface area contributed by atoms with Gasteiger partial charge in [0.15, 0.2) is 0 Å². The smallest absolute Gasteiger partial charge is 0.253 e. The fraction of sp³-hybridized carbons (Fsp3) is 0.333. The third-order valence-electron chi connectivity index (χ3n) is 5.04. The van der Waals surface area contributed by atoms with E-state index in [1.807, 2.05) is 36.9 Å². The molecule has 3 N–H and O–H groups in total. The molecule has 0 saturated carbocycles. The summed E-state index contributed by atoms with van der Waals surface area (Å²) in [5, 5.41) is 21.9. The number of carbonyl (C=O) groups is 2. The number of benzene rings is 2. The third kappa shape index (κ3) is 4.39.